The normalized spacial score (nSPS) is 17.7. The zero-order valence-corrected chi connectivity index (χ0v) is 13.6. The van der Waals surface area contributed by atoms with E-state index in [1.54, 1.807) is 24.3 Å². The van der Waals surface area contributed by atoms with Gasteiger partial charge in [-0.25, -0.2) is 4.99 Å². The molecule has 1 amide bonds. The van der Waals surface area contributed by atoms with E-state index < -0.39 is 0 Å². The van der Waals surface area contributed by atoms with Crippen LogP contribution in [0.25, 0.3) is 6.08 Å². The number of aryl methyl sites for hydroxylation is 2. The van der Waals surface area contributed by atoms with Gasteiger partial charge in [-0.1, -0.05) is 30.3 Å². The molecule has 23 heavy (non-hydrogen) atoms. The molecule has 2 aromatic carbocycles. The van der Waals surface area contributed by atoms with Crippen molar-refractivity contribution in [1.29, 1.82) is 0 Å². The molecule has 1 heterocycles. The number of aliphatic imine (C=N–C) groups is 1. The van der Waals surface area contributed by atoms with Gasteiger partial charge < -0.3 is 10.4 Å². The molecule has 0 aliphatic carbocycles. The van der Waals surface area contributed by atoms with Crippen LogP contribution in [0.5, 0.6) is 5.75 Å². The molecule has 1 aliphatic rings. The third kappa shape index (κ3) is 3.46. The summed E-state index contributed by atoms with van der Waals surface area (Å²) >= 11 is 1.27. The number of hydrogen-bond donors (Lipinski definition) is 2. The van der Waals surface area contributed by atoms with Gasteiger partial charge in [-0.3, -0.25) is 4.79 Å². The molecule has 0 unspecified atom stereocenters. The average molecular weight is 324 g/mol. The molecule has 2 aromatic rings. The van der Waals surface area contributed by atoms with E-state index in [1.807, 2.05) is 38.1 Å². The number of thioether (sulfide) groups is 1. The number of phenols is 1. The third-order valence-electron chi connectivity index (χ3n) is 3.46. The van der Waals surface area contributed by atoms with Crippen molar-refractivity contribution in [3.8, 4) is 5.75 Å². The highest BCUT2D eigenvalue weighted by atomic mass is 32.2. The molecule has 0 bridgehead atoms. The number of benzene rings is 2. The molecule has 0 aromatic heterocycles. The largest absolute Gasteiger partial charge is 0.507 e. The highest BCUT2D eigenvalue weighted by molar-refractivity contribution is 8.18. The van der Waals surface area contributed by atoms with Gasteiger partial charge in [0.2, 0.25) is 0 Å². The number of hydrogen-bond acceptors (Lipinski definition) is 4. The molecule has 2 N–H and O–H groups in total. The van der Waals surface area contributed by atoms with E-state index in [2.05, 4.69) is 10.3 Å². The number of rotatable bonds is 2. The highest BCUT2D eigenvalue weighted by Crippen LogP contribution is 2.31. The topological polar surface area (TPSA) is 61.7 Å². The molecule has 4 nitrogen and oxygen atoms in total. The molecule has 3 rings (SSSR count). The Kier molecular flexibility index (Phi) is 4.21. The minimum absolute atomic E-state index is 0.147. The van der Waals surface area contributed by atoms with Crippen molar-refractivity contribution in [2.24, 2.45) is 4.99 Å². The first kappa shape index (κ1) is 15.4. The van der Waals surface area contributed by atoms with Crippen molar-refractivity contribution in [3.05, 3.63) is 64.1 Å². The fourth-order valence-corrected chi connectivity index (χ4v) is 3.01. The molecule has 1 saturated heterocycles. The maximum Gasteiger partial charge on any atom is 0.264 e. The quantitative estimate of drug-likeness (QED) is 0.824. The lowest BCUT2D eigenvalue weighted by Gasteiger charge is -2.02. The van der Waals surface area contributed by atoms with E-state index >= 15 is 0 Å². The van der Waals surface area contributed by atoms with Crippen LogP contribution >= 0.6 is 11.8 Å². The Bertz CT molecular complexity index is 841. The van der Waals surface area contributed by atoms with Gasteiger partial charge in [0.25, 0.3) is 5.91 Å². The van der Waals surface area contributed by atoms with Crippen LogP contribution < -0.4 is 5.32 Å². The fraction of sp³-hybridized carbons (Fsp3) is 0.111. The van der Waals surface area contributed by atoms with Gasteiger partial charge >= 0.3 is 0 Å². The maximum atomic E-state index is 12.1. The fourth-order valence-electron chi connectivity index (χ4n) is 2.18. The number of amidine groups is 1. The maximum absolute atomic E-state index is 12.1. The molecular formula is C18H16N2O2S. The van der Waals surface area contributed by atoms with Gasteiger partial charge in [0.1, 0.15) is 5.75 Å². The second-order valence-electron chi connectivity index (χ2n) is 5.33. The Balaban J connectivity index is 1.89. The van der Waals surface area contributed by atoms with Gasteiger partial charge in [-0.05, 0) is 54.9 Å². The predicted octanol–water partition coefficient (Wildman–Crippen LogP) is 3.90. The third-order valence-corrected chi connectivity index (χ3v) is 4.37. The summed E-state index contributed by atoms with van der Waals surface area (Å²) in [5.74, 6) is -0.0596. The Labute approximate surface area is 139 Å². The summed E-state index contributed by atoms with van der Waals surface area (Å²) < 4.78 is 0. The highest BCUT2D eigenvalue weighted by Gasteiger charge is 2.24. The van der Waals surface area contributed by atoms with Crippen LogP contribution in [0.2, 0.25) is 0 Å². The van der Waals surface area contributed by atoms with Crippen molar-refractivity contribution in [2.75, 3.05) is 0 Å². The SMILES string of the molecule is Cc1ccc(C)c(N=C2NC(=O)/C(=C\c3ccccc3O)S2)c1. The van der Waals surface area contributed by atoms with Gasteiger partial charge in [0, 0.05) is 5.56 Å². The van der Waals surface area contributed by atoms with Gasteiger partial charge in [0.05, 0.1) is 10.6 Å². The summed E-state index contributed by atoms with van der Waals surface area (Å²) in [4.78, 5) is 17.1. The Hall–Kier alpha value is -2.53. The van der Waals surface area contributed by atoms with Crippen molar-refractivity contribution >= 4 is 34.6 Å². The van der Waals surface area contributed by atoms with E-state index in [0.29, 0.717) is 15.6 Å². The molecule has 116 valence electrons. The molecule has 1 fully saturated rings. The van der Waals surface area contributed by atoms with E-state index in [-0.39, 0.29) is 11.7 Å². The van der Waals surface area contributed by atoms with Gasteiger partial charge in [-0.15, -0.1) is 0 Å². The van der Waals surface area contributed by atoms with E-state index in [0.717, 1.165) is 16.8 Å². The number of carbonyl (C=O) groups excluding carboxylic acids is 1. The number of carbonyl (C=O) groups is 1. The smallest absolute Gasteiger partial charge is 0.264 e. The second kappa shape index (κ2) is 6.30. The summed E-state index contributed by atoms with van der Waals surface area (Å²) in [5, 5.41) is 13.1. The Morgan fingerprint density at radius 2 is 1.96 bits per heavy atom. The minimum Gasteiger partial charge on any atom is -0.507 e. The first-order chi connectivity index (χ1) is 11.0. The summed E-state index contributed by atoms with van der Waals surface area (Å²) in [7, 11) is 0. The Morgan fingerprint density at radius 3 is 2.74 bits per heavy atom. The van der Waals surface area contributed by atoms with Crippen LogP contribution in [-0.4, -0.2) is 16.2 Å². The van der Waals surface area contributed by atoms with Crippen molar-refractivity contribution in [2.45, 2.75) is 13.8 Å². The van der Waals surface area contributed by atoms with Crippen molar-refractivity contribution < 1.29 is 9.90 Å². The number of aromatic hydroxyl groups is 1. The molecule has 0 radical (unpaired) electrons. The zero-order valence-electron chi connectivity index (χ0n) is 12.8. The van der Waals surface area contributed by atoms with Crippen LogP contribution in [0.3, 0.4) is 0 Å². The van der Waals surface area contributed by atoms with E-state index in [1.165, 1.54) is 11.8 Å². The van der Waals surface area contributed by atoms with Crippen LogP contribution in [0, 0.1) is 13.8 Å². The first-order valence-electron chi connectivity index (χ1n) is 7.18. The number of amides is 1. The molecule has 5 heteroatoms. The standard InChI is InChI=1S/C18H16N2O2S/c1-11-7-8-12(2)14(9-11)19-18-20-17(22)16(23-18)10-13-5-3-4-6-15(13)21/h3-10,21H,1-2H3,(H,19,20,22)/b16-10+. The summed E-state index contributed by atoms with van der Waals surface area (Å²) in [6, 6.07) is 12.9. The van der Waals surface area contributed by atoms with Gasteiger partial charge in [0.15, 0.2) is 5.17 Å². The van der Waals surface area contributed by atoms with E-state index in [4.69, 9.17) is 0 Å². The number of para-hydroxylation sites is 1. The predicted molar refractivity (Wildman–Crippen MR) is 94.8 cm³/mol. The van der Waals surface area contributed by atoms with Crippen molar-refractivity contribution in [3.63, 3.8) is 0 Å². The van der Waals surface area contributed by atoms with Crippen LogP contribution in [0.15, 0.2) is 52.4 Å². The molecule has 0 saturated carbocycles. The molecule has 0 atom stereocenters. The van der Waals surface area contributed by atoms with Gasteiger partial charge in [-0.2, -0.15) is 0 Å². The lowest BCUT2D eigenvalue weighted by atomic mass is 10.1. The lowest BCUT2D eigenvalue weighted by molar-refractivity contribution is -0.115. The summed E-state index contributed by atoms with van der Waals surface area (Å²) in [6.45, 7) is 3.99. The van der Waals surface area contributed by atoms with Crippen LogP contribution in [-0.2, 0) is 4.79 Å². The first-order valence-corrected chi connectivity index (χ1v) is 7.99. The van der Waals surface area contributed by atoms with Crippen LogP contribution in [0.1, 0.15) is 16.7 Å². The zero-order chi connectivity index (χ0) is 16.4. The minimum atomic E-state index is -0.206. The summed E-state index contributed by atoms with van der Waals surface area (Å²) in [5.41, 5.74) is 3.63. The molecular weight excluding hydrogens is 308 g/mol. The number of nitrogens with one attached hydrogen (secondary N) is 1. The monoisotopic (exact) mass is 324 g/mol. The lowest BCUT2D eigenvalue weighted by Crippen LogP contribution is -2.19. The number of phenolic OH excluding ortho intramolecular Hbond substituents is 1. The average Bonchev–Trinajstić information content (AvgIpc) is 2.85. The second-order valence-corrected chi connectivity index (χ2v) is 6.36. The van der Waals surface area contributed by atoms with Crippen molar-refractivity contribution in [1.82, 2.24) is 5.32 Å². The Morgan fingerprint density at radius 1 is 1.17 bits per heavy atom. The molecule has 1 aliphatic heterocycles. The van der Waals surface area contributed by atoms with E-state index in [9.17, 15) is 9.90 Å². The number of nitrogens with zero attached hydrogens (tertiary/aromatic N) is 1. The molecule has 0 spiro atoms. The van der Waals surface area contributed by atoms with Crippen LogP contribution in [0.4, 0.5) is 5.69 Å². The summed E-state index contributed by atoms with van der Waals surface area (Å²) in [6.07, 6.45) is 1.67.